The number of carbonyl (C=O) groups is 2. The Morgan fingerprint density at radius 3 is 2.68 bits per heavy atom. The molecule has 2 unspecified atom stereocenters. The SMILES string of the molecule is O=C(NCC(=O)N1CC(O)CC1CO)c1ccc(F)c(F)c1. The van der Waals surface area contributed by atoms with Crippen molar-refractivity contribution in [3.8, 4) is 0 Å². The monoisotopic (exact) mass is 314 g/mol. The molecule has 1 aliphatic heterocycles. The van der Waals surface area contributed by atoms with Crippen molar-refractivity contribution < 1.29 is 28.6 Å². The standard InChI is InChI=1S/C14H16F2N2O4/c15-11-2-1-8(3-12(11)16)14(22)17-5-13(21)18-6-10(20)4-9(18)7-19/h1-3,9-10,19-20H,4-7H2,(H,17,22). The predicted octanol–water partition coefficient (Wildman–Crippen LogP) is -0.351. The molecule has 1 aromatic rings. The molecule has 120 valence electrons. The zero-order valence-corrected chi connectivity index (χ0v) is 11.6. The Kier molecular flexibility index (Phi) is 5.04. The summed E-state index contributed by atoms with van der Waals surface area (Å²) >= 11 is 0. The van der Waals surface area contributed by atoms with Gasteiger partial charge in [0.1, 0.15) is 0 Å². The van der Waals surface area contributed by atoms with Crippen LogP contribution in [0.4, 0.5) is 8.78 Å². The summed E-state index contributed by atoms with van der Waals surface area (Å²) in [5.41, 5.74) is -0.105. The number of hydrogen-bond acceptors (Lipinski definition) is 4. The van der Waals surface area contributed by atoms with Crippen molar-refractivity contribution in [2.24, 2.45) is 0 Å². The van der Waals surface area contributed by atoms with Gasteiger partial charge in [-0.25, -0.2) is 8.78 Å². The number of hydrogen-bond donors (Lipinski definition) is 3. The van der Waals surface area contributed by atoms with E-state index in [1.165, 1.54) is 4.90 Å². The van der Waals surface area contributed by atoms with E-state index in [0.717, 1.165) is 18.2 Å². The lowest BCUT2D eigenvalue weighted by atomic mass is 10.2. The van der Waals surface area contributed by atoms with Gasteiger partial charge in [0.05, 0.1) is 25.3 Å². The molecular weight excluding hydrogens is 298 g/mol. The normalized spacial score (nSPS) is 21.0. The molecule has 0 radical (unpaired) electrons. The molecule has 0 spiro atoms. The van der Waals surface area contributed by atoms with E-state index in [-0.39, 0.29) is 31.7 Å². The van der Waals surface area contributed by atoms with Crippen LogP contribution >= 0.6 is 0 Å². The van der Waals surface area contributed by atoms with Gasteiger partial charge in [0.25, 0.3) is 5.91 Å². The molecule has 1 aliphatic rings. The van der Waals surface area contributed by atoms with Gasteiger partial charge in [0.2, 0.25) is 5.91 Å². The first kappa shape index (κ1) is 16.3. The van der Waals surface area contributed by atoms with Crippen LogP contribution in [-0.2, 0) is 4.79 Å². The second-order valence-electron chi connectivity index (χ2n) is 5.08. The highest BCUT2D eigenvalue weighted by molar-refractivity contribution is 5.96. The van der Waals surface area contributed by atoms with E-state index in [2.05, 4.69) is 5.32 Å². The lowest BCUT2D eigenvalue weighted by molar-refractivity contribution is -0.131. The largest absolute Gasteiger partial charge is 0.394 e. The summed E-state index contributed by atoms with van der Waals surface area (Å²) in [6.07, 6.45) is -0.428. The molecule has 6 nitrogen and oxygen atoms in total. The van der Waals surface area contributed by atoms with Crippen LogP contribution in [0, 0.1) is 11.6 Å². The number of carbonyl (C=O) groups excluding carboxylic acids is 2. The van der Waals surface area contributed by atoms with Crippen molar-refractivity contribution in [2.45, 2.75) is 18.6 Å². The van der Waals surface area contributed by atoms with E-state index in [0.29, 0.717) is 0 Å². The highest BCUT2D eigenvalue weighted by atomic mass is 19.2. The molecule has 3 N–H and O–H groups in total. The second kappa shape index (κ2) is 6.80. The molecule has 1 fully saturated rings. The number of halogens is 2. The first-order valence-electron chi connectivity index (χ1n) is 6.74. The van der Waals surface area contributed by atoms with Crippen LogP contribution in [-0.4, -0.2) is 58.8 Å². The van der Waals surface area contributed by atoms with Crippen molar-refractivity contribution >= 4 is 11.8 Å². The summed E-state index contributed by atoms with van der Waals surface area (Å²) in [6, 6.07) is 2.19. The van der Waals surface area contributed by atoms with Crippen LogP contribution in [0.3, 0.4) is 0 Å². The fourth-order valence-electron chi connectivity index (χ4n) is 2.37. The summed E-state index contributed by atoms with van der Waals surface area (Å²) < 4.78 is 25.8. The summed E-state index contributed by atoms with van der Waals surface area (Å²) in [4.78, 5) is 25.0. The Labute approximate surface area is 125 Å². The fourth-order valence-corrected chi connectivity index (χ4v) is 2.37. The first-order chi connectivity index (χ1) is 10.4. The Balaban J connectivity index is 1.93. The summed E-state index contributed by atoms with van der Waals surface area (Å²) in [7, 11) is 0. The van der Waals surface area contributed by atoms with Crippen LogP contribution in [0.15, 0.2) is 18.2 Å². The van der Waals surface area contributed by atoms with Gasteiger partial charge in [-0.2, -0.15) is 0 Å². The van der Waals surface area contributed by atoms with Crippen molar-refractivity contribution in [3.63, 3.8) is 0 Å². The van der Waals surface area contributed by atoms with Gasteiger partial charge in [-0.1, -0.05) is 0 Å². The number of benzene rings is 1. The van der Waals surface area contributed by atoms with E-state index >= 15 is 0 Å². The number of amides is 2. The minimum atomic E-state index is -1.15. The maximum Gasteiger partial charge on any atom is 0.251 e. The number of likely N-dealkylation sites (tertiary alicyclic amines) is 1. The zero-order valence-electron chi connectivity index (χ0n) is 11.6. The van der Waals surface area contributed by atoms with E-state index in [1.807, 2.05) is 0 Å². The van der Waals surface area contributed by atoms with Gasteiger partial charge in [0, 0.05) is 12.1 Å². The van der Waals surface area contributed by atoms with E-state index < -0.39 is 35.6 Å². The maximum atomic E-state index is 13.0. The minimum Gasteiger partial charge on any atom is -0.394 e. The quantitative estimate of drug-likeness (QED) is 0.708. The van der Waals surface area contributed by atoms with Crippen LogP contribution < -0.4 is 5.32 Å². The van der Waals surface area contributed by atoms with Crippen molar-refractivity contribution in [2.75, 3.05) is 19.7 Å². The van der Waals surface area contributed by atoms with Gasteiger partial charge < -0.3 is 20.4 Å². The Bertz CT molecular complexity index is 582. The molecular formula is C14H16F2N2O4. The van der Waals surface area contributed by atoms with Crippen LogP contribution in [0.5, 0.6) is 0 Å². The average molecular weight is 314 g/mol. The molecule has 0 aliphatic carbocycles. The molecule has 0 bridgehead atoms. The predicted molar refractivity (Wildman–Crippen MR) is 71.9 cm³/mol. The van der Waals surface area contributed by atoms with E-state index in [1.54, 1.807) is 0 Å². The lowest BCUT2D eigenvalue weighted by Crippen LogP contribution is -2.44. The zero-order chi connectivity index (χ0) is 16.3. The molecule has 2 rings (SSSR count). The summed E-state index contributed by atoms with van der Waals surface area (Å²) in [5, 5.41) is 20.9. The third kappa shape index (κ3) is 3.58. The molecule has 22 heavy (non-hydrogen) atoms. The van der Waals surface area contributed by atoms with Crippen molar-refractivity contribution in [1.82, 2.24) is 10.2 Å². The van der Waals surface area contributed by atoms with E-state index in [9.17, 15) is 23.5 Å². The highest BCUT2D eigenvalue weighted by Gasteiger charge is 2.33. The molecule has 2 amide bonds. The molecule has 1 aromatic carbocycles. The van der Waals surface area contributed by atoms with Crippen molar-refractivity contribution in [3.05, 3.63) is 35.4 Å². The lowest BCUT2D eigenvalue weighted by Gasteiger charge is -2.22. The Morgan fingerprint density at radius 1 is 1.32 bits per heavy atom. The Morgan fingerprint density at radius 2 is 2.05 bits per heavy atom. The van der Waals surface area contributed by atoms with Crippen molar-refractivity contribution in [1.29, 1.82) is 0 Å². The number of β-amino-alcohol motifs (C(OH)–C–C–N with tert-alkyl or cyclic N) is 1. The average Bonchev–Trinajstić information content (AvgIpc) is 2.88. The van der Waals surface area contributed by atoms with Crippen LogP contribution in [0.2, 0.25) is 0 Å². The molecule has 2 atom stereocenters. The first-order valence-corrected chi connectivity index (χ1v) is 6.74. The summed E-state index contributed by atoms with van der Waals surface area (Å²) in [6.45, 7) is -0.550. The van der Waals surface area contributed by atoms with Crippen LogP contribution in [0.25, 0.3) is 0 Å². The number of nitrogens with zero attached hydrogens (tertiary/aromatic N) is 1. The van der Waals surface area contributed by atoms with Gasteiger partial charge in [-0.3, -0.25) is 9.59 Å². The molecule has 1 saturated heterocycles. The molecule has 0 aromatic heterocycles. The second-order valence-corrected chi connectivity index (χ2v) is 5.08. The number of rotatable bonds is 4. The van der Waals surface area contributed by atoms with Gasteiger partial charge >= 0.3 is 0 Å². The third-order valence-corrected chi connectivity index (χ3v) is 3.51. The molecule has 0 saturated carbocycles. The minimum absolute atomic E-state index is 0.0884. The van der Waals surface area contributed by atoms with Gasteiger partial charge in [-0.05, 0) is 24.6 Å². The Hall–Kier alpha value is -2.06. The summed E-state index contributed by atoms with van der Waals surface area (Å²) in [5.74, 6) is -3.40. The number of aliphatic hydroxyl groups excluding tert-OH is 2. The highest BCUT2D eigenvalue weighted by Crippen LogP contribution is 2.17. The third-order valence-electron chi connectivity index (χ3n) is 3.51. The topological polar surface area (TPSA) is 89.9 Å². The maximum absolute atomic E-state index is 13.0. The molecule has 1 heterocycles. The van der Waals surface area contributed by atoms with Gasteiger partial charge in [-0.15, -0.1) is 0 Å². The van der Waals surface area contributed by atoms with Gasteiger partial charge in [0.15, 0.2) is 11.6 Å². The fraction of sp³-hybridized carbons (Fsp3) is 0.429. The number of nitrogens with one attached hydrogen (secondary N) is 1. The van der Waals surface area contributed by atoms with Crippen LogP contribution in [0.1, 0.15) is 16.8 Å². The smallest absolute Gasteiger partial charge is 0.251 e. The number of aliphatic hydroxyl groups is 2. The molecule has 8 heteroatoms. The van der Waals surface area contributed by atoms with E-state index in [4.69, 9.17) is 5.11 Å².